The molecule has 7 heteroatoms. The minimum absolute atomic E-state index is 0.0294. The number of likely N-dealkylation sites (N-methyl/N-ethyl adjacent to an activating group) is 1. The van der Waals surface area contributed by atoms with E-state index in [-0.39, 0.29) is 17.2 Å². The fourth-order valence-corrected chi connectivity index (χ4v) is 2.03. The van der Waals surface area contributed by atoms with Gasteiger partial charge < -0.3 is 20.7 Å². The van der Waals surface area contributed by atoms with Gasteiger partial charge in [0, 0.05) is 19.7 Å². The molecule has 0 aliphatic carbocycles. The average molecular weight is 345 g/mol. The van der Waals surface area contributed by atoms with Crippen LogP contribution in [0.5, 0.6) is 5.75 Å². The lowest BCUT2D eigenvalue weighted by atomic mass is 10.1. The molecule has 3 N–H and O–H groups in total. The van der Waals surface area contributed by atoms with E-state index < -0.39 is 11.7 Å². The molecule has 0 aliphatic heterocycles. The quantitative estimate of drug-likeness (QED) is 0.788. The number of para-hydroxylation sites is 1. The highest BCUT2D eigenvalue weighted by atomic mass is 19.1. The van der Waals surface area contributed by atoms with Crippen molar-refractivity contribution in [2.45, 2.75) is 6.92 Å². The first kappa shape index (κ1) is 18.3. The Hall–Kier alpha value is -3.09. The van der Waals surface area contributed by atoms with Gasteiger partial charge in [-0.15, -0.1) is 0 Å². The fraction of sp³-hybridized carbons (Fsp3) is 0.222. The molecule has 0 heterocycles. The van der Waals surface area contributed by atoms with E-state index in [0.29, 0.717) is 24.6 Å². The minimum Gasteiger partial charge on any atom is -0.492 e. The topological polar surface area (TPSA) is 84.7 Å². The van der Waals surface area contributed by atoms with Gasteiger partial charge in [-0.25, -0.2) is 4.39 Å². The number of hydrogen-bond acceptors (Lipinski definition) is 4. The molecule has 0 unspecified atom stereocenters. The number of nitrogen functional groups attached to an aromatic ring is 1. The number of nitrogens with two attached hydrogens (primary N) is 1. The maximum absolute atomic E-state index is 13.4. The lowest BCUT2D eigenvalue weighted by molar-refractivity contribution is -0.127. The number of carbonyl (C=O) groups is 2. The van der Waals surface area contributed by atoms with Gasteiger partial charge in [0.25, 0.3) is 5.91 Å². The molecule has 2 aromatic carbocycles. The second kappa shape index (κ2) is 8.14. The molecular weight excluding hydrogens is 325 g/mol. The average Bonchev–Trinajstić information content (AvgIpc) is 2.58. The molecule has 2 amide bonds. The molecule has 0 aliphatic rings. The van der Waals surface area contributed by atoms with Crippen molar-refractivity contribution in [3.05, 3.63) is 53.8 Å². The number of nitrogens with one attached hydrogen (secondary N) is 1. The van der Waals surface area contributed by atoms with Crippen LogP contribution in [0, 0.1) is 5.82 Å². The fourth-order valence-electron chi connectivity index (χ4n) is 2.03. The molecule has 0 spiro atoms. The third-order valence-electron chi connectivity index (χ3n) is 3.64. The molecule has 0 fully saturated rings. The molecule has 2 aromatic rings. The number of anilines is 2. The summed E-state index contributed by atoms with van der Waals surface area (Å²) in [7, 11) is 1.70. The Labute approximate surface area is 145 Å². The van der Waals surface area contributed by atoms with E-state index in [1.54, 1.807) is 36.2 Å². The van der Waals surface area contributed by atoms with Crippen molar-refractivity contribution in [2.24, 2.45) is 0 Å². The van der Waals surface area contributed by atoms with Crippen LogP contribution in [0.3, 0.4) is 0 Å². The summed E-state index contributed by atoms with van der Waals surface area (Å²) in [5.74, 6) is -0.542. The Morgan fingerprint density at radius 3 is 2.52 bits per heavy atom. The Morgan fingerprint density at radius 1 is 1.20 bits per heavy atom. The summed E-state index contributed by atoms with van der Waals surface area (Å²) in [5, 5.41) is 2.65. The minimum atomic E-state index is -0.632. The molecule has 132 valence electrons. The molecule has 0 aromatic heterocycles. The monoisotopic (exact) mass is 345 g/mol. The largest absolute Gasteiger partial charge is 0.492 e. The maximum Gasteiger partial charge on any atom is 0.257 e. The van der Waals surface area contributed by atoms with E-state index in [1.165, 1.54) is 25.1 Å². The van der Waals surface area contributed by atoms with E-state index >= 15 is 0 Å². The Kier molecular flexibility index (Phi) is 5.94. The van der Waals surface area contributed by atoms with Gasteiger partial charge in [-0.05, 0) is 36.4 Å². The number of ether oxygens (including phenoxy) is 1. The SMILES string of the molecule is CC(=O)N(C)CCOc1ccc(NC(=O)c2cccc(F)c2N)cc1. The summed E-state index contributed by atoms with van der Waals surface area (Å²) in [5.41, 5.74) is 6.00. The normalized spacial score (nSPS) is 10.2. The van der Waals surface area contributed by atoms with Crippen LogP contribution in [0.15, 0.2) is 42.5 Å². The van der Waals surface area contributed by atoms with Crippen LogP contribution < -0.4 is 15.8 Å². The van der Waals surface area contributed by atoms with E-state index in [1.807, 2.05) is 0 Å². The molecule has 0 radical (unpaired) electrons. The van der Waals surface area contributed by atoms with E-state index in [0.717, 1.165) is 0 Å². The van der Waals surface area contributed by atoms with Crippen molar-refractivity contribution in [2.75, 3.05) is 31.2 Å². The Balaban J connectivity index is 1.93. The third-order valence-corrected chi connectivity index (χ3v) is 3.64. The Morgan fingerprint density at radius 2 is 1.88 bits per heavy atom. The second-order valence-electron chi connectivity index (χ2n) is 5.47. The zero-order valence-electron chi connectivity index (χ0n) is 14.1. The second-order valence-corrected chi connectivity index (χ2v) is 5.47. The van der Waals surface area contributed by atoms with Crippen LogP contribution in [-0.4, -0.2) is 36.9 Å². The van der Waals surface area contributed by atoms with Gasteiger partial charge >= 0.3 is 0 Å². The van der Waals surface area contributed by atoms with Gasteiger partial charge in [0.1, 0.15) is 18.2 Å². The van der Waals surface area contributed by atoms with Crippen molar-refractivity contribution in [1.29, 1.82) is 0 Å². The first-order chi connectivity index (χ1) is 11.9. The summed E-state index contributed by atoms with van der Waals surface area (Å²) in [6, 6.07) is 10.8. The number of rotatable bonds is 6. The van der Waals surface area contributed by atoms with Gasteiger partial charge in [0.05, 0.1) is 17.8 Å². The van der Waals surface area contributed by atoms with Gasteiger partial charge in [0.15, 0.2) is 0 Å². The molecule has 2 rings (SSSR count). The number of amides is 2. The highest BCUT2D eigenvalue weighted by Gasteiger charge is 2.12. The summed E-state index contributed by atoms with van der Waals surface area (Å²) < 4.78 is 18.9. The predicted molar refractivity (Wildman–Crippen MR) is 94.0 cm³/mol. The standard InChI is InChI=1S/C18H20FN3O3/c1-12(23)22(2)10-11-25-14-8-6-13(7-9-14)21-18(24)15-4-3-5-16(19)17(15)20/h3-9H,10-11,20H2,1-2H3,(H,21,24). The van der Waals surface area contributed by atoms with Crippen molar-refractivity contribution >= 4 is 23.2 Å². The predicted octanol–water partition coefficient (Wildman–Crippen LogP) is 2.52. The maximum atomic E-state index is 13.4. The summed E-state index contributed by atoms with van der Waals surface area (Å²) in [6.45, 7) is 2.33. The van der Waals surface area contributed by atoms with Crippen LogP contribution in [0.1, 0.15) is 17.3 Å². The molecule has 0 saturated carbocycles. The zero-order chi connectivity index (χ0) is 18.4. The number of carbonyl (C=O) groups excluding carboxylic acids is 2. The van der Waals surface area contributed by atoms with Gasteiger partial charge in [0.2, 0.25) is 5.91 Å². The zero-order valence-corrected chi connectivity index (χ0v) is 14.1. The summed E-state index contributed by atoms with van der Waals surface area (Å²) in [4.78, 5) is 24.8. The third kappa shape index (κ3) is 4.94. The number of benzene rings is 2. The van der Waals surface area contributed by atoms with Crippen LogP contribution in [0.25, 0.3) is 0 Å². The van der Waals surface area contributed by atoms with Gasteiger partial charge in [-0.2, -0.15) is 0 Å². The molecule has 25 heavy (non-hydrogen) atoms. The molecule has 0 atom stereocenters. The smallest absolute Gasteiger partial charge is 0.257 e. The van der Waals surface area contributed by atoms with Crippen LogP contribution >= 0.6 is 0 Å². The lowest BCUT2D eigenvalue weighted by Crippen LogP contribution is -2.28. The highest BCUT2D eigenvalue weighted by molar-refractivity contribution is 6.07. The van der Waals surface area contributed by atoms with Crippen molar-refractivity contribution in [3.8, 4) is 5.75 Å². The molecular formula is C18H20FN3O3. The van der Waals surface area contributed by atoms with Crippen molar-refractivity contribution in [3.63, 3.8) is 0 Å². The van der Waals surface area contributed by atoms with E-state index in [4.69, 9.17) is 10.5 Å². The number of nitrogens with zero attached hydrogens (tertiary/aromatic N) is 1. The number of halogens is 1. The highest BCUT2D eigenvalue weighted by Crippen LogP contribution is 2.19. The lowest BCUT2D eigenvalue weighted by Gasteiger charge is -2.15. The van der Waals surface area contributed by atoms with Crippen LogP contribution in [0.2, 0.25) is 0 Å². The van der Waals surface area contributed by atoms with Gasteiger partial charge in [-0.1, -0.05) is 6.07 Å². The Bertz CT molecular complexity index is 763. The molecule has 6 nitrogen and oxygen atoms in total. The van der Waals surface area contributed by atoms with E-state index in [2.05, 4.69) is 5.32 Å². The molecule has 0 saturated heterocycles. The van der Waals surface area contributed by atoms with Crippen molar-refractivity contribution < 1.29 is 18.7 Å². The first-order valence-corrected chi connectivity index (χ1v) is 7.68. The first-order valence-electron chi connectivity index (χ1n) is 7.68. The van der Waals surface area contributed by atoms with E-state index in [9.17, 15) is 14.0 Å². The van der Waals surface area contributed by atoms with Crippen molar-refractivity contribution in [1.82, 2.24) is 4.90 Å². The van der Waals surface area contributed by atoms with Crippen LogP contribution in [-0.2, 0) is 4.79 Å². The van der Waals surface area contributed by atoms with Gasteiger partial charge in [-0.3, -0.25) is 9.59 Å². The summed E-state index contributed by atoms with van der Waals surface area (Å²) in [6.07, 6.45) is 0. The number of hydrogen-bond donors (Lipinski definition) is 2. The molecule has 0 bridgehead atoms. The van der Waals surface area contributed by atoms with Crippen LogP contribution in [0.4, 0.5) is 15.8 Å². The summed E-state index contributed by atoms with van der Waals surface area (Å²) >= 11 is 0.